The van der Waals surface area contributed by atoms with Crippen molar-refractivity contribution in [1.82, 2.24) is 4.98 Å². The van der Waals surface area contributed by atoms with Crippen LogP contribution < -0.4 is 10.6 Å². The number of anilines is 1. The molecule has 0 saturated carbocycles. The number of nitrogens with zero attached hydrogens (tertiary/aromatic N) is 2. The Labute approximate surface area is 115 Å². The summed E-state index contributed by atoms with van der Waals surface area (Å²) in [6, 6.07) is 0.578. The number of nitrogens with two attached hydrogens (primary N) is 1. The molecule has 0 bridgehead atoms. The fourth-order valence-electron chi connectivity index (χ4n) is 2.05. The molecule has 0 aromatic carbocycles. The predicted molar refractivity (Wildman–Crippen MR) is 81.5 cm³/mol. The Morgan fingerprint density at radius 3 is 2.39 bits per heavy atom. The third-order valence-corrected chi connectivity index (χ3v) is 4.50. The van der Waals surface area contributed by atoms with Crippen LogP contribution in [0, 0.1) is 6.92 Å². The summed E-state index contributed by atoms with van der Waals surface area (Å²) in [6.45, 7) is 11.9. The number of hydrogen-bond acceptors (Lipinski definition) is 4. The van der Waals surface area contributed by atoms with Crippen LogP contribution in [0.4, 0.5) is 5.13 Å². The Balaban J connectivity index is 2.82. The molecular weight excluding hydrogens is 242 g/mol. The van der Waals surface area contributed by atoms with E-state index >= 15 is 0 Å². The van der Waals surface area contributed by atoms with Gasteiger partial charge in [-0.3, -0.25) is 0 Å². The van der Waals surface area contributed by atoms with E-state index in [0.717, 1.165) is 17.4 Å². The molecule has 104 valence electrons. The van der Waals surface area contributed by atoms with Crippen molar-refractivity contribution in [3.05, 3.63) is 10.6 Å². The van der Waals surface area contributed by atoms with Gasteiger partial charge in [-0.15, -0.1) is 11.3 Å². The summed E-state index contributed by atoms with van der Waals surface area (Å²) in [5.41, 5.74) is 7.07. The van der Waals surface area contributed by atoms with E-state index in [4.69, 9.17) is 10.7 Å². The van der Waals surface area contributed by atoms with Gasteiger partial charge >= 0.3 is 0 Å². The molecule has 1 aromatic rings. The van der Waals surface area contributed by atoms with E-state index in [2.05, 4.69) is 32.6 Å². The maximum absolute atomic E-state index is 5.98. The minimum absolute atomic E-state index is 0.0842. The van der Waals surface area contributed by atoms with E-state index in [9.17, 15) is 0 Å². The van der Waals surface area contributed by atoms with E-state index in [1.807, 2.05) is 6.92 Å². The molecule has 1 atom stereocenters. The Morgan fingerprint density at radius 1 is 1.28 bits per heavy atom. The summed E-state index contributed by atoms with van der Waals surface area (Å²) in [6.07, 6.45) is 3.78. The highest BCUT2D eigenvalue weighted by Crippen LogP contribution is 2.30. The van der Waals surface area contributed by atoms with Gasteiger partial charge in [0.1, 0.15) is 0 Å². The first-order chi connectivity index (χ1) is 8.47. The number of aromatic nitrogens is 1. The van der Waals surface area contributed by atoms with Gasteiger partial charge < -0.3 is 10.6 Å². The van der Waals surface area contributed by atoms with Gasteiger partial charge in [-0.2, -0.15) is 0 Å². The van der Waals surface area contributed by atoms with Gasteiger partial charge in [0.2, 0.25) is 0 Å². The maximum atomic E-state index is 5.98. The van der Waals surface area contributed by atoms with Crippen LogP contribution in [-0.4, -0.2) is 17.6 Å². The maximum Gasteiger partial charge on any atom is 0.186 e. The van der Waals surface area contributed by atoms with Crippen molar-refractivity contribution in [2.75, 3.05) is 11.4 Å². The van der Waals surface area contributed by atoms with Crippen molar-refractivity contribution >= 4 is 16.5 Å². The Hall–Kier alpha value is -0.610. The Kier molecular flexibility index (Phi) is 6.09. The molecule has 0 fully saturated rings. The Morgan fingerprint density at radius 2 is 1.94 bits per heavy atom. The van der Waals surface area contributed by atoms with E-state index < -0.39 is 0 Å². The lowest BCUT2D eigenvalue weighted by molar-refractivity contribution is 0.624. The second-order valence-corrected chi connectivity index (χ2v) is 6.24. The molecule has 0 aliphatic rings. The predicted octanol–water partition coefficient (Wildman–Crippen LogP) is 3.88. The first-order valence-electron chi connectivity index (χ1n) is 6.96. The molecule has 0 amide bonds. The topological polar surface area (TPSA) is 42.2 Å². The highest BCUT2D eigenvalue weighted by molar-refractivity contribution is 7.15. The first-order valence-corrected chi connectivity index (χ1v) is 7.78. The highest BCUT2D eigenvalue weighted by atomic mass is 32.1. The van der Waals surface area contributed by atoms with E-state index in [-0.39, 0.29) is 6.04 Å². The number of thiazole rings is 1. The molecule has 0 saturated heterocycles. The van der Waals surface area contributed by atoms with E-state index in [0.29, 0.717) is 6.04 Å². The SMILES string of the molecule is CCCCCN(c1nc(C)c(C(C)N)s1)C(C)C. The minimum Gasteiger partial charge on any atom is -0.346 e. The lowest BCUT2D eigenvalue weighted by Crippen LogP contribution is -2.31. The number of rotatable bonds is 7. The molecule has 2 N–H and O–H groups in total. The molecule has 0 radical (unpaired) electrons. The van der Waals surface area contributed by atoms with Crippen LogP contribution in [-0.2, 0) is 0 Å². The molecule has 1 aromatic heterocycles. The summed E-state index contributed by atoms with van der Waals surface area (Å²) in [5.74, 6) is 0. The fourth-order valence-corrected chi connectivity index (χ4v) is 3.22. The van der Waals surface area contributed by atoms with Gasteiger partial charge in [0.05, 0.1) is 5.69 Å². The third-order valence-electron chi connectivity index (χ3n) is 3.11. The average molecular weight is 269 g/mol. The molecule has 1 rings (SSSR count). The molecule has 18 heavy (non-hydrogen) atoms. The molecule has 1 heterocycles. The first kappa shape index (κ1) is 15.4. The summed E-state index contributed by atoms with van der Waals surface area (Å²) in [4.78, 5) is 8.31. The van der Waals surface area contributed by atoms with Gasteiger partial charge in [0.25, 0.3) is 0 Å². The van der Waals surface area contributed by atoms with Gasteiger partial charge in [-0.1, -0.05) is 19.8 Å². The van der Waals surface area contributed by atoms with Gasteiger partial charge in [0.15, 0.2) is 5.13 Å². The van der Waals surface area contributed by atoms with Crippen LogP contribution in [0.15, 0.2) is 0 Å². The molecule has 4 heteroatoms. The zero-order valence-corrected chi connectivity index (χ0v) is 13.2. The van der Waals surface area contributed by atoms with Gasteiger partial charge in [-0.25, -0.2) is 4.98 Å². The molecule has 3 nitrogen and oxygen atoms in total. The van der Waals surface area contributed by atoms with E-state index in [1.165, 1.54) is 24.1 Å². The van der Waals surface area contributed by atoms with Crippen LogP contribution in [0.5, 0.6) is 0 Å². The van der Waals surface area contributed by atoms with Gasteiger partial charge in [-0.05, 0) is 34.1 Å². The fraction of sp³-hybridized carbons (Fsp3) is 0.786. The van der Waals surface area contributed by atoms with Crippen molar-refractivity contribution in [3.8, 4) is 0 Å². The summed E-state index contributed by atoms with van der Waals surface area (Å²) in [7, 11) is 0. The second-order valence-electron chi connectivity index (χ2n) is 5.23. The highest BCUT2D eigenvalue weighted by Gasteiger charge is 2.17. The summed E-state index contributed by atoms with van der Waals surface area (Å²) < 4.78 is 0. The van der Waals surface area contributed by atoms with Crippen LogP contribution >= 0.6 is 11.3 Å². The molecule has 1 unspecified atom stereocenters. The van der Waals surface area contributed by atoms with Crippen molar-refractivity contribution in [3.63, 3.8) is 0 Å². The minimum atomic E-state index is 0.0842. The lowest BCUT2D eigenvalue weighted by Gasteiger charge is -2.26. The van der Waals surface area contributed by atoms with Crippen molar-refractivity contribution < 1.29 is 0 Å². The molecule has 0 aliphatic carbocycles. The van der Waals surface area contributed by atoms with E-state index in [1.54, 1.807) is 11.3 Å². The normalized spacial score (nSPS) is 13.1. The second kappa shape index (κ2) is 7.10. The average Bonchev–Trinajstić information content (AvgIpc) is 2.66. The van der Waals surface area contributed by atoms with Crippen LogP contribution in [0.2, 0.25) is 0 Å². The van der Waals surface area contributed by atoms with Gasteiger partial charge in [0, 0.05) is 23.5 Å². The summed E-state index contributed by atoms with van der Waals surface area (Å²) in [5, 5.41) is 1.13. The van der Waals surface area contributed by atoms with Crippen molar-refractivity contribution in [2.45, 2.75) is 66.0 Å². The van der Waals surface area contributed by atoms with Crippen molar-refractivity contribution in [2.24, 2.45) is 5.73 Å². The zero-order chi connectivity index (χ0) is 13.7. The lowest BCUT2D eigenvalue weighted by atomic mass is 10.2. The molecule has 0 spiro atoms. The quantitative estimate of drug-likeness (QED) is 0.764. The number of aryl methyl sites for hydroxylation is 1. The van der Waals surface area contributed by atoms with Crippen LogP contribution in [0.1, 0.15) is 63.6 Å². The number of hydrogen-bond donors (Lipinski definition) is 1. The number of unbranched alkanes of at least 4 members (excludes halogenated alkanes) is 2. The Bertz CT molecular complexity index is 358. The molecule has 0 aliphatic heterocycles. The smallest absolute Gasteiger partial charge is 0.186 e. The zero-order valence-electron chi connectivity index (χ0n) is 12.4. The third kappa shape index (κ3) is 3.95. The molecular formula is C14H27N3S. The standard InChI is InChI=1S/C14H27N3S/c1-6-7-8-9-17(10(2)3)14-16-12(5)13(18-14)11(4)15/h10-11H,6-9,15H2,1-5H3. The van der Waals surface area contributed by atoms with Crippen molar-refractivity contribution in [1.29, 1.82) is 0 Å². The van der Waals surface area contributed by atoms with Crippen LogP contribution in [0.3, 0.4) is 0 Å². The van der Waals surface area contributed by atoms with Crippen LogP contribution in [0.25, 0.3) is 0 Å². The monoisotopic (exact) mass is 269 g/mol. The summed E-state index contributed by atoms with van der Waals surface area (Å²) >= 11 is 1.75. The largest absolute Gasteiger partial charge is 0.346 e.